The van der Waals surface area contributed by atoms with Crippen LogP contribution >= 0.6 is 23.2 Å². The van der Waals surface area contributed by atoms with Crippen LogP contribution in [0, 0.1) is 0 Å². The van der Waals surface area contributed by atoms with Crippen LogP contribution in [0.2, 0.25) is 10.0 Å². The fourth-order valence-electron chi connectivity index (χ4n) is 3.33. The van der Waals surface area contributed by atoms with Gasteiger partial charge in [0.1, 0.15) is 5.78 Å². The first-order chi connectivity index (χ1) is 14.1. The molecule has 1 saturated heterocycles. The van der Waals surface area contributed by atoms with Crippen molar-refractivity contribution in [3.8, 4) is 0 Å². The molecular formula is C21H21Cl2N5O. The van der Waals surface area contributed by atoms with Crippen LogP contribution in [0.15, 0.2) is 48.5 Å². The van der Waals surface area contributed by atoms with Crippen LogP contribution in [-0.2, 0) is 17.6 Å². The molecule has 1 atom stereocenters. The van der Waals surface area contributed by atoms with Crippen LogP contribution in [0.1, 0.15) is 35.3 Å². The second-order valence-electron chi connectivity index (χ2n) is 7.35. The van der Waals surface area contributed by atoms with Gasteiger partial charge in [-0.15, -0.1) is 10.2 Å². The molecule has 0 radical (unpaired) electrons. The molecule has 0 unspecified atom stereocenters. The molecule has 1 aliphatic heterocycles. The number of carbonyl (C=O) groups is 1. The van der Waals surface area contributed by atoms with Crippen LogP contribution in [0.4, 0.5) is 0 Å². The van der Waals surface area contributed by atoms with E-state index in [0.29, 0.717) is 35.1 Å². The van der Waals surface area contributed by atoms with Gasteiger partial charge in [-0.3, -0.25) is 4.79 Å². The highest BCUT2D eigenvalue weighted by atomic mass is 35.5. The summed E-state index contributed by atoms with van der Waals surface area (Å²) in [6.45, 7) is 1.68. The standard InChI is InChI=1S/C21H21Cl2N5O/c22-17-5-1-14(2-6-17)9-16(21-25-27-28(26-21)19-12-24-13-19)11-20(29)10-15-3-7-18(23)8-4-15/h1-8,16,19,24H,9-13H2/t16-/m1/s1. The normalized spacial score (nSPS) is 15.1. The number of aromatic nitrogens is 4. The first kappa shape index (κ1) is 20.0. The Bertz CT molecular complexity index is 967. The Labute approximate surface area is 179 Å². The summed E-state index contributed by atoms with van der Waals surface area (Å²) in [6, 6.07) is 15.3. The predicted octanol–water partition coefficient (Wildman–Crippen LogP) is 3.65. The molecule has 8 heteroatoms. The topological polar surface area (TPSA) is 72.7 Å². The Balaban J connectivity index is 1.50. The summed E-state index contributed by atoms with van der Waals surface area (Å²) >= 11 is 11.9. The molecule has 0 spiro atoms. The second-order valence-corrected chi connectivity index (χ2v) is 8.23. The highest BCUT2D eigenvalue weighted by Crippen LogP contribution is 2.24. The monoisotopic (exact) mass is 429 g/mol. The molecule has 1 aromatic heterocycles. The number of halogens is 2. The van der Waals surface area contributed by atoms with Gasteiger partial charge in [0.15, 0.2) is 5.82 Å². The minimum Gasteiger partial charge on any atom is -0.312 e. The number of tetrazole rings is 1. The van der Waals surface area contributed by atoms with Gasteiger partial charge in [0.25, 0.3) is 0 Å². The molecule has 2 heterocycles. The zero-order chi connectivity index (χ0) is 20.2. The average molecular weight is 430 g/mol. The maximum atomic E-state index is 12.8. The van der Waals surface area contributed by atoms with Crippen LogP contribution < -0.4 is 5.32 Å². The summed E-state index contributed by atoms with van der Waals surface area (Å²) in [6.07, 6.45) is 1.35. The van der Waals surface area contributed by atoms with E-state index in [1.807, 2.05) is 36.4 Å². The van der Waals surface area contributed by atoms with Gasteiger partial charge in [0.05, 0.1) is 6.04 Å². The molecule has 29 heavy (non-hydrogen) atoms. The molecule has 0 aliphatic carbocycles. The van der Waals surface area contributed by atoms with E-state index in [-0.39, 0.29) is 17.7 Å². The molecule has 0 bridgehead atoms. The second kappa shape index (κ2) is 9.03. The number of nitrogens with zero attached hydrogens (tertiary/aromatic N) is 4. The largest absolute Gasteiger partial charge is 0.312 e. The van der Waals surface area contributed by atoms with Crippen molar-refractivity contribution >= 4 is 29.0 Å². The number of ketones is 1. The van der Waals surface area contributed by atoms with Crippen LogP contribution in [0.5, 0.6) is 0 Å². The zero-order valence-corrected chi connectivity index (χ0v) is 17.3. The molecule has 2 aromatic carbocycles. The van der Waals surface area contributed by atoms with Crippen LogP contribution in [0.25, 0.3) is 0 Å². The lowest BCUT2D eigenvalue weighted by molar-refractivity contribution is -0.118. The summed E-state index contributed by atoms with van der Waals surface area (Å²) in [4.78, 5) is 14.4. The van der Waals surface area contributed by atoms with E-state index in [0.717, 1.165) is 24.2 Å². The van der Waals surface area contributed by atoms with Crippen molar-refractivity contribution in [3.63, 3.8) is 0 Å². The highest BCUT2D eigenvalue weighted by molar-refractivity contribution is 6.30. The van der Waals surface area contributed by atoms with Crippen molar-refractivity contribution in [1.82, 2.24) is 25.5 Å². The molecular weight excluding hydrogens is 409 g/mol. The zero-order valence-electron chi connectivity index (χ0n) is 15.8. The van der Waals surface area contributed by atoms with Gasteiger partial charge in [-0.05, 0) is 47.0 Å². The summed E-state index contributed by atoms with van der Waals surface area (Å²) in [5.41, 5.74) is 2.03. The van der Waals surface area contributed by atoms with Gasteiger partial charge in [-0.2, -0.15) is 4.80 Å². The summed E-state index contributed by atoms with van der Waals surface area (Å²) < 4.78 is 0. The number of rotatable bonds is 8. The van der Waals surface area contributed by atoms with Gasteiger partial charge in [-0.25, -0.2) is 0 Å². The Morgan fingerprint density at radius 1 is 1.03 bits per heavy atom. The Morgan fingerprint density at radius 2 is 1.66 bits per heavy atom. The van der Waals surface area contributed by atoms with E-state index in [2.05, 4.69) is 20.7 Å². The molecule has 6 nitrogen and oxygen atoms in total. The van der Waals surface area contributed by atoms with E-state index >= 15 is 0 Å². The van der Waals surface area contributed by atoms with Crippen molar-refractivity contribution in [1.29, 1.82) is 0 Å². The fraction of sp³-hybridized carbons (Fsp3) is 0.333. The maximum Gasteiger partial charge on any atom is 0.178 e. The molecule has 150 valence electrons. The smallest absolute Gasteiger partial charge is 0.178 e. The van der Waals surface area contributed by atoms with Crippen molar-refractivity contribution < 1.29 is 4.79 Å². The molecule has 0 saturated carbocycles. The average Bonchev–Trinajstić information content (AvgIpc) is 3.13. The van der Waals surface area contributed by atoms with Crippen LogP contribution in [0.3, 0.4) is 0 Å². The summed E-state index contributed by atoms with van der Waals surface area (Å²) in [7, 11) is 0. The predicted molar refractivity (Wildman–Crippen MR) is 112 cm³/mol. The minimum absolute atomic E-state index is 0.132. The first-order valence-corrected chi connectivity index (χ1v) is 10.3. The number of hydrogen-bond donors (Lipinski definition) is 1. The van der Waals surface area contributed by atoms with Crippen molar-refractivity contribution in [2.75, 3.05) is 13.1 Å². The maximum absolute atomic E-state index is 12.8. The van der Waals surface area contributed by atoms with E-state index in [9.17, 15) is 4.79 Å². The van der Waals surface area contributed by atoms with Gasteiger partial charge in [-0.1, -0.05) is 47.5 Å². The molecule has 1 fully saturated rings. The lowest BCUT2D eigenvalue weighted by Gasteiger charge is -2.25. The van der Waals surface area contributed by atoms with Gasteiger partial charge < -0.3 is 5.32 Å². The lowest BCUT2D eigenvalue weighted by atomic mass is 9.92. The number of nitrogens with one attached hydrogen (secondary N) is 1. The number of hydrogen-bond acceptors (Lipinski definition) is 5. The Morgan fingerprint density at radius 3 is 2.24 bits per heavy atom. The third-order valence-electron chi connectivity index (χ3n) is 5.08. The van der Waals surface area contributed by atoms with E-state index in [1.54, 1.807) is 16.9 Å². The minimum atomic E-state index is -0.141. The SMILES string of the molecule is O=C(Cc1ccc(Cl)cc1)C[C@@H](Cc1ccc(Cl)cc1)c1nnn(C2CNC2)n1. The fourth-order valence-corrected chi connectivity index (χ4v) is 3.58. The number of carbonyl (C=O) groups excluding carboxylic acids is 1. The molecule has 1 N–H and O–H groups in total. The number of Topliss-reactive ketones (excluding diaryl/α,β-unsaturated/α-hetero) is 1. The van der Waals surface area contributed by atoms with Crippen molar-refractivity contribution in [2.24, 2.45) is 0 Å². The molecule has 4 rings (SSSR count). The molecule has 1 aliphatic rings. The third kappa shape index (κ3) is 5.21. The van der Waals surface area contributed by atoms with Gasteiger partial charge >= 0.3 is 0 Å². The lowest BCUT2D eigenvalue weighted by Crippen LogP contribution is -2.44. The highest BCUT2D eigenvalue weighted by Gasteiger charge is 2.26. The van der Waals surface area contributed by atoms with Crippen molar-refractivity contribution in [3.05, 3.63) is 75.5 Å². The summed E-state index contributed by atoms with van der Waals surface area (Å²) in [5.74, 6) is 0.599. The third-order valence-corrected chi connectivity index (χ3v) is 5.58. The van der Waals surface area contributed by atoms with Crippen LogP contribution in [-0.4, -0.2) is 39.1 Å². The number of benzene rings is 2. The van der Waals surface area contributed by atoms with Crippen molar-refractivity contribution in [2.45, 2.75) is 31.2 Å². The van der Waals surface area contributed by atoms with E-state index in [4.69, 9.17) is 23.2 Å². The molecule has 0 amide bonds. The first-order valence-electron chi connectivity index (χ1n) is 9.57. The van der Waals surface area contributed by atoms with Gasteiger partial charge in [0.2, 0.25) is 0 Å². The van der Waals surface area contributed by atoms with E-state index in [1.165, 1.54) is 0 Å². The van der Waals surface area contributed by atoms with E-state index < -0.39 is 0 Å². The van der Waals surface area contributed by atoms with Gasteiger partial charge in [0, 0.05) is 41.9 Å². The Kier molecular flexibility index (Phi) is 6.23. The summed E-state index contributed by atoms with van der Waals surface area (Å²) in [5, 5.41) is 17.6. The molecule has 3 aromatic rings. The Hall–Kier alpha value is -2.28. The quantitative estimate of drug-likeness (QED) is 0.591.